The quantitative estimate of drug-likeness (QED) is 0.818. The molecule has 0 radical (unpaired) electrons. The van der Waals surface area contributed by atoms with Crippen LogP contribution in [0.15, 0.2) is 17.0 Å². The van der Waals surface area contributed by atoms with Gasteiger partial charge in [0.25, 0.3) is 0 Å². The molecule has 1 aromatic rings. The fraction of sp³-hybridized carbons (Fsp3) is 0.300. The molecule has 0 aromatic heterocycles. The van der Waals surface area contributed by atoms with Gasteiger partial charge in [0, 0.05) is 4.90 Å². The van der Waals surface area contributed by atoms with Crippen LogP contribution in [0.5, 0.6) is 0 Å². The van der Waals surface area contributed by atoms with E-state index < -0.39 is 16.0 Å². The number of benzene rings is 1. The molecule has 0 aliphatic rings. The van der Waals surface area contributed by atoms with Crippen LogP contribution in [0.1, 0.15) is 15.9 Å². The van der Waals surface area contributed by atoms with Crippen molar-refractivity contribution in [2.45, 2.75) is 11.8 Å². The van der Waals surface area contributed by atoms with Gasteiger partial charge in [-0.1, -0.05) is 0 Å². The molecule has 0 saturated heterocycles. The summed E-state index contributed by atoms with van der Waals surface area (Å²) < 4.78 is 24.6. The molecule has 0 heterocycles. The Hall–Kier alpha value is -1.21. The van der Waals surface area contributed by atoms with Gasteiger partial charge in [-0.15, -0.1) is 11.8 Å². The Balaban J connectivity index is 3.32. The maximum absolute atomic E-state index is 11.1. The normalized spacial score (nSPS) is 11.2. The van der Waals surface area contributed by atoms with E-state index in [1.807, 2.05) is 0 Å². The number of aromatic carboxylic acids is 1. The molecule has 0 fully saturated rings. The number of rotatable bonds is 4. The highest BCUT2D eigenvalue weighted by Gasteiger charge is 2.14. The lowest BCUT2D eigenvalue weighted by Crippen LogP contribution is -2.11. The number of hydrogen-bond acceptors (Lipinski definition) is 4. The molecule has 0 spiro atoms. The van der Waals surface area contributed by atoms with Gasteiger partial charge in [-0.05, 0) is 30.9 Å². The van der Waals surface area contributed by atoms with Crippen molar-refractivity contribution in [2.75, 3.05) is 17.2 Å². The lowest BCUT2D eigenvalue weighted by Gasteiger charge is -2.11. The van der Waals surface area contributed by atoms with Crippen molar-refractivity contribution in [2.24, 2.45) is 0 Å². The average molecular weight is 275 g/mol. The van der Waals surface area contributed by atoms with Crippen molar-refractivity contribution in [3.63, 3.8) is 0 Å². The molecular formula is C10H13NO4S2. The zero-order chi connectivity index (χ0) is 13.2. The summed E-state index contributed by atoms with van der Waals surface area (Å²) in [7, 11) is -3.36. The SMILES string of the molecule is CSc1cc(NS(C)(=O)=O)c(C)cc1C(=O)O. The van der Waals surface area contributed by atoms with E-state index in [0.29, 0.717) is 16.1 Å². The Morgan fingerprint density at radius 2 is 2.00 bits per heavy atom. The van der Waals surface area contributed by atoms with E-state index in [2.05, 4.69) is 4.72 Å². The number of hydrogen-bond donors (Lipinski definition) is 2. The van der Waals surface area contributed by atoms with Crippen molar-refractivity contribution in [3.05, 3.63) is 23.3 Å². The standard InChI is InChI=1S/C10H13NO4S2/c1-6-4-7(10(12)13)9(16-2)5-8(6)11-17(3,14)15/h4-5,11H,1-3H3,(H,12,13). The summed E-state index contributed by atoms with van der Waals surface area (Å²) in [6, 6.07) is 2.99. The highest BCUT2D eigenvalue weighted by atomic mass is 32.2. The number of carboxylic acid groups (broad SMARTS) is 1. The number of sulfonamides is 1. The molecule has 17 heavy (non-hydrogen) atoms. The van der Waals surface area contributed by atoms with Gasteiger partial charge in [-0.25, -0.2) is 13.2 Å². The number of aryl methyl sites for hydroxylation is 1. The van der Waals surface area contributed by atoms with E-state index in [1.54, 1.807) is 13.2 Å². The highest BCUT2D eigenvalue weighted by Crippen LogP contribution is 2.28. The van der Waals surface area contributed by atoms with Crippen LogP contribution in [0.3, 0.4) is 0 Å². The first-order valence-electron chi connectivity index (χ1n) is 4.64. The third-order valence-electron chi connectivity index (χ3n) is 2.07. The molecule has 5 nitrogen and oxygen atoms in total. The van der Waals surface area contributed by atoms with Crippen LogP contribution >= 0.6 is 11.8 Å². The number of nitrogens with one attached hydrogen (secondary N) is 1. The minimum Gasteiger partial charge on any atom is -0.478 e. The molecule has 1 rings (SSSR count). The Morgan fingerprint density at radius 3 is 2.41 bits per heavy atom. The predicted octanol–water partition coefficient (Wildman–Crippen LogP) is 1.79. The lowest BCUT2D eigenvalue weighted by atomic mass is 10.1. The first-order chi connectivity index (χ1) is 7.74. The molecule has 0 amide bonds. The summed E-state index contributed by atoms with van der Waals surface area (Å²) >= 11 is 1.26. The second-order valence-corrected chi connectivity index (χ2v) is 6.14. The number of carbonyl (C=O) groups is 1. The minimum atomic E-state index is -3.36. The van der Waals surface area contributed by atoms with E-state index in [-0.39, 0.29) is 5.56 Å². The second kappa shape index (κ2) is 4.97. The van der Waals surface area contributed by atoms with Crippen molar-refractivity contribution in [1.82, 2.24) is 0 Å². The smallest absolute Gasteiger partial charge is 0.336 e. The van der Waals surface area contributed by atoms with Gasteiger partial charge < -0.3 is 5.11 Å². The van der Waals surface area contributed by atoms with Crippen LogP contribution in [0.4, 0.5) is 5.69 Å². The largest absolute Gasteiger partial charge is 0.478 e. The molecule has 0 aliphatic carbocycles. The summed E-state index contributed by atoms with van der Waals surface area (Å²) in [6.07, 6.45) is 2.79. The van der Waals surface area contributed by atoms with Gasteiger partial charge in [0.1, 0.15) is 0 Å². The molecule has 7 heteroatoms. The Morgan fingerprint density at radius 1 is 1.41 bits per heavy atom. The highest BCUT2D eigenvalue weighted by molar-refractivity contribution is 7.98. The summed E-state index contributed by atoms with van der Waals surface area (Å²) in [5.74, 6) is -1.02. The monoisotopic (exact) mass is 275 g/mol. The Bertz CT molecular complexity index is 552. The molecular weight excluding hydrogens is 262 g/mol. The van der Waals surface area contributed by atoms with E-state index in [4.69, 9.17) is 5.11 Å². The van der Waals surface area contributed by atoms with Gasteiger partial charge in [0.2, 0.25) is 10.0 Å². The average Bonchev–Trinajstić information content (AvgIpc) is 2.18. The van der Waals surface area contributed by atoms with Crippen LogP contribution in [0.25, 0.3) is 0 Å². The molecule has 1 aromatic carbocycles. The van der Waals surface area contributed by atoms with E-state index in [1.165, 1.54) is 23.9 Å². The lowest BCUT2D eigenvalue weighted by molar-refractivity contribution is 0.0693. The molecule has 0 unspecified atom stereocenters. The number of anilines is 1. The fourth-order valence-corrected chi connectivity index (χ4v) is 2.56. The number of carboxylic acids is 1. The van der Waals surface area contributed by atoms with Crippen LogP contribution in [0.2, 0.25) is 0 Å². The molecule has 94 valence electrons. The van der Waals surface area contributed by atoms with Crippen molar-refractivity contribution < 1.29 is 18.3 Å². The van der Waals surface area contributed by atoms with Gasteiger partial charge >= 0.3 is 5.97 Å². The molecule has 0 saturated carbocycles. The van der Waals surface area contributed by atoms with Crippen molar-refractivity contribution >= 4 is 33.4 Å². The summed E-state index contributed by atoms with van der Waals surface area (Å²) in [6.45, 7) is 1.66. The Labute approximate surface area is 104 Å². The van der Waals surface area contributed by atoms with Crippen LogP contribution < -0.4 is 4.72 Å². The van der Waals surface area contributed by atoms with Crippen molar-refractivity contribution in [3.8, 4) is 0 Å². The minimum absolute atomic E-state index is 0.175. The summed E-state index contributed by atoms with van der Waals surface area (Å²) in [5, 5.41) is 8.99. The summed E-state index contributed by atoms with van der Waals surface area (Å²) in [4.78, 5) is 11.5. The fourth-order valence-electron chi connectivity index (χ4n) is 1.33. The van der Waals surface area contributed by atoms with Gasteiger partial charge in [0.05, 0.1) is 17.5 Å². The van der Waals surface area contributed by atoms with Crippen LogP contribution in [0, 0.1) is 6.92 Å². The van der Waals surface area contributed by atoms with E-state index >= 15 is 0 Å². The maximum Gasteiger partial charge on any atom is 0.336 e. The topological polar surface area (TPSA) is 83.5 Å². The Kier molecular flexibility index (Phi) is 4.05. The third-order valence-corrected chi connectivity index (χ3v) is 3.44. The van der Waals surface area contributed by atoms with Crippen molar-refractivity contribution in [1.29, 1.82) is 0 Å². The number of thioether (sulfide) groups is 1. The molecule has 0 bridgehead atoms. The first-order valence-corrected chi connectivity index (χ1v) is 7.76. The van der Waals surface area contributed by atoms with Crippen LogP contribution in [-0.4, -0.2) is 32.0 Å². The van der Waals surface area contributed by atoms with Gasteiger partial charge in [0.15, 0.2) is 0 Å². The van der Waals surface area contributed by atoms with E-state index in [9.17, 15) is 13.2 Å². The second-order valence-electron chi connectivity index (χ2n) is 3.55. The van der Waals surface area contributed by atoms with Gasteiger partial charge in [-0.3, -0.25) is 4.72 Å². The zero-order valence-corrected chi connectivity index (χ0v) is 11.3. The maximum atomic E-state index is 11.1. The predicted molar refractivity (Wildman–Crippen MR) is 68.4 cm³/mol. The van der Waals surface area contributed by atoms with Crippen LogP contribution in [-0.2, 0) is 10.0 Å². The molecule has 2 N–H and O–H groups in total. The van der Waals surface area contributed by atoms with Gasteiger partial charge in [-0.2, -0.15) is 0 Å². The molecule has 0 aliphatic heterocycles. The molecule has 0 atom stereocenters. The zero-order valence-electron chi connectivity index (χ0n) is 9.64. The first kappa shape index (κ1) is 13.9. The van der Waals surface area contributed by atoms with E-state index in [0.717, 1.165) is 6.26 Å². The third kappa shape index (κ3) is 3.64. The summed E-state index contributed by atoms with van der Waals surface area (Å²) in [5.41, 5.74) is 1.15.